The number of benzene rings is 1. The Kier molecular flexibility index (Phi) is 2.17. The molecule has 0 radical (unpaired) electrons. The third kappa shape index (κ3) is 1.24. The smallest absolute Gasteiger partial charge is 0.136 e. The Balaban J connectivity index is 2.69. The average molecular weight is 187 g/mol. The van der Waals surface area contributed by atoms with E-state index < -0.39 is 0 Å². The average Bonchev–Trinajstić information content (AvgIpc) is 2.58. The summed E-state index contributed by atoms with van der Waals surface area (Å²) in [5.74, 6) is 0.535. The zero-order valence-corrected chi connectivity index (χ0v) is 7.51. The fourth-order valence-corrected chi connectivity index (χ4v) is 1.49. The Bertz CT molecular complexity index is 496. The summed E-state index contributed by atoms with van der Waals surface area (Å²) in [5.41, 5.74) is 1.70. The molecule has 1 heterocycles. The second-order valence-electron chi connectivity index (χ2n) is 2.92. The van der Waals surface area contributed by atoms with Gasteiger partial charge in [-0.2, -0.15) is 5.26 Å². The number of aliphatic hydroxyl groups is 1. The third-order valence-electron chi connectivity index (χ3n) is 2.10. The standard InChI is InChI=1S/C10H9N3O/c11-5-6-13-9-4-2-1-3-8(9)12-10(13)7-14/h1-4,14H,6-7H2. The fraction of sp³-hybridized carbons (Fsp3) is 0.200. The molecule has 70 valence electrons. The van der Waals surface area contributed by atoms with Crippen molar-refractivity contribution in [1.82, 2.24) is 9.55 Å². The number of rotatable bonds is 2. The van der Waals surface area contributed by atoms with Gasteiger partial charge in [0, 0.05) is 0 Å². The molecule has 0 unspecified atom stereocenters. The molecule has 1 N–H and O–H groups in total. The van der Waals surface area contributed by atoms with Crippen LogP contribution in [0.5, 0.6) is 0 Å². The molecule has 4 heteroatoms. The number of hydrogen-bond donors (Lipinski definition) is 1. The van der Waals surface area contributed by atoms with E-state index in [0.717, 1.165) is 11.0 Å². The fourth-order valence-electron chi connectivity index (χ4n) is 1.49. The van der Waals surface area contributed by atoms with E-state index in [1.165, 1.54) is 0 Å². The van der Waals surface area contributed by atoms with Gasteiger partial charge in [0.25, 0.3) is 0 Å². The highest BCUT2D eigenvalue weighted by molar-refractivity contribution is 5.75. The number of imidazole rings is 1. The highest BCUT2D eigenvalue weighted by Gasteiger charge is 2.07. The van der Waals surface area contributed by atoms with Gasteiger partial charge in [-0.25, -0.2) is 4.98 Å². The maximum absolute atomic E-state index is 9.05. The van der Waals surface area contributed by atoms with Gasteiger partial charge in [-0.3, -0.25) is 0 Å². The summed E-state index contributed by atoms with van der Waals surface area (Å²) in [4.78, 5) is 4.21. The van der Waals surface area contributed by atoms with Gasteiger partial charge in [0.05, 0.1) is 17.1 Å². The molecule has 4 nitrogen and oxygen atoms in total. The van der Waals surface area contributed by atoms with E-state index in [-0.39, 0.29) is 13.2 Å². The van der Waals surface area contributed by atoms with Crippen molar-refractivity contribution in [2.45, 2.75) is 13.2 Å². The lowest BCUT2D eigenvalue weighted by atomic mass is 10.3. The highest BCUT2D eigenvalue weighted by Crippen LogP contribution is 2.15. The topological polar surface area (TPSA) is 61.8 Å². The van der Waals surface area contributed by atoms with Crippen LogP contribution in [0.1, 0.15) is 5.82 Å². The number of aliphatic hydroxyl groups excluding tert-OH is 1. The number of fused-ring (bicyclic) bond motifs is 1. The molecule has 2 aromatic rings. The number of para-hydroxylation sites is 2. The second-order valence-corrected chi connectivity index (χ2v) is 2.92. The molecule has 0 aliphatic carbocycles. The zero-order valence-electron chi connectivity index (χ0n) is 7.51. The van der Waals surface area contributed by atoms with Crippen LogP contribution in [-0.4, -0.2) is 14.7 Å². The van der Waals surface area contributed by atoms with Gasteiger partial charge in [-0.05, 0) is 12.1 Å². The molecule has 0 spiro atoms. The predicted octanol–water partition coefficient (Wildman–Crippen LogP) is 1.05. The summed E-state index contributed by atoms with van der Waals surface area (Å²) in [5, 5.41) is 17.7. The van der Waals surface area contributed by atoms with Crippen LogP contribution in [0.25, 0.3) is 11.0 Å². The SMILES string of the molecule is N#CCn1c(CO)nc2ccccc21. The Morgan fingerprint density at radius 3 is 2.93 bits per heavy atom. The van der Waals surface area contributed by atoms with Crippen molar-refractivity contribution in [2.24, 2.45) is 0 Å². The Labute approximate surface area is 81.0 Å². The normalized spacial score (nSPS) is 10.3. The molecule has 0 amide bonds. The number of nitriles is 1. The van der Waals surface area contributed by atoms with Gasteiger partial charge in [-0.1, -0.05) is 12.1 Å². The van der Waals surface area contributed by atoms with Gasteiger partial charge in [0.15, 0.2) is 0 Å². The minimum absolute atomic E-state index is 0.143. The Morgan fingerprint density at radius 1 is 1.43 bits per heavy atom. The Morgan fingerprint density at radius 2 is 2.21 bits per heavy atom. The van der Waals surface area contributed by atoms with Crippen LogP contribution >= 0.6 is 0 Å². The van der Waals surface area contributed by atoms with Gasteiger partial charge in [0.2, 0.25) is 0 Å². The van der Waals surface area contributed by atoms with Gasteiger partial charge < -0.3 is 9.67 Å². The van der Waals surface area contributed by atoms with Crippen LogP contribution in [-0.2, 0) is 13.2 Å². The number of nitrogens with zero attached hydrogens (tertiary/aromatic N) is 3. The summed E-state index contributed by atoms with van der Waals surface area (Å²) in [6, 6.07) is 9.57. The quantitative estimate of drug-likeness (QED) is 0.764. The number of aromatic nitrogens is 2. The molecule has 0 aliphatic heterocycles. The van der Waals surface area contributed by atoms with Crippen molar-refractivity contribution in [3.63, 3.8) is 0 Å². The summed E-state index contributed by atoms with van der Waals surface area (Å²) < 4.78 is 1.72. The van der Waals surface area contributed by atoms with E-state index >= 15 is 0 Å². The van der Waals surface area contributed by atoms with Crippen molar-refractivity contribution >= 4 is 11.0 Å². The van der Waals surface area contributed by atoms with Gasteiger partial charge in [-0.15, -0.1) is 0 Å². The molecule has 0 aliphatic rings. The maximum Gasteiger partial charge on any atom is 0.136 e. The molecule has 0 atom stereocenters. The van der Waals surface area contributed by atoms with Crippen molar-refractivity contribution in [3.8, 4) is 6.07 Å². The maximum atomic E-state index is 9.05. The summed E-state index contributed by atoms with van der Waals surface area (Å²) in [6.45, 7) is 0.0762. The minimum Gasteiger partial charge on any atom is -0.388 e. The van der Waals surface area contributed by atoms with E-state index in [1.807, 2.05) is 30.3 Å². The van der Waals surface area contributed by atoms with E-state index in [0.29, 0.717) is 5.82 Å². The lowest BCUT2D eigenvalue weighted by Crippen LogP contribution is -2.01. The molecule has 1 aromatic heterocycles. The van der Waals surface area contributed by atoms with E-state index in [2.05, 4.69) is 4.98 Å². The molecular formula is C10H9N3O. The lowest BCUT2D eigenvalue weighted by molar-refractivity contribution is 0.267. The summed E-state index contributed by atoms with van der Waals surface area (Å²) in [6.07, 6.45) is 0. The summed E-state index contributed by atoms with van der Waals surface area (Å²) >= 11 is 0. The van der Waals surface area contributed by atoms with Crippen LogP contribution in [0, 0.1) is 11.3 Å². The first-order valence-corrected chi connectivity index (χ1v) is 4.28. The molecule has 2 rings (SSSR count). The first-order chi connectivity index (χ1) is 6.86. The minimum atomic E-state index is -0.143. The predicted molar refractivity (Wildman–Crippen MR) is 51.3 cm³/mol. The molecule has 0 bridgehead atoms. The highest BCUT2D eigenvalue weighted by atomic mass is 16.3. The summed E-state index contributed by atoms with van der Waals surface area (Å²) in [7, 11) is 0. The third-order valence-corrected chi connectivity index (χ3v) is 2.10. The van der Waals surface area contributed by atoms with E-state index in [4.69, 9.17) is 10.4 Å². The monoisotopic (exact) mass is 187 g/mol. The molecular weight excluding hydrogens is 178 g/mol. The first-order valence-electron chi connectivity index (χ1n) is 4.28. The first kappa shape index (κ1) is 8.73. The van der Waals surface area contributed by atoms with Gasteiger partial charge >= 0.3 is 0 Å². The molecule has 14 heavy (non-hydrogen) atoms. The van der Waals surface area contributed by atoms with Crippen LogP contribution in [0.4, 0.5) is 0 Å². The lowest BCUT2D eigenvalue weighted by Gasteiger charge is -2.00. The van der Waals surface area contributed by atoms with E-state index in [1.54, 1.807) is 4.57 Å². The van der Waals surface area contributed by atoms with E-state index in [9.17, 15) is 0 Å². The molecule has 0 saturated carbocycles. The zero-order chi connectivity index (χ0) is 9.97. The molecule has 0 saturated heterocycles. The second kappa shape index (κ2) is 3.48. The van der Waals surface area contributed by atoms with Crippen molar-refractivity contribution in [2.75, 3.05) is 0 Å². The van der Waals surface area contributed by atoms with Crippen LogP contribution in [0.15, 0.2) is 24.3 Å². The van der Waals surface area contributed by atoms with Crippen LogP contribution < -0.4 is 0 Å². The van der Waals surface area contributed by atoms with Crippen molar-refractivity contribution in [1.29, 1.82) is 5.26 Å². The Hall–Kier alpha value is -1.86. The van der Waals surface area contributed by atoms with Crippen molar-refractivity contribution < 1.29 is 5.11 Å². The molecule has 1 aromatic carbocycles. The molecule has 0 fully saturated rings. The van der Waals surface area contributed by atoms with Crippen LogP contribution in [0.3, 0.4) is 0 Å². The van der Waals surface area contributed by atoms with Crippen molar-refractivity contribution in [3.05, 3.63) is 30.1 Å². The largest absolute Gasteiger partial charge is 0.388 e. The van der Waals surface area contributed by atoms with Crippen LogP contribution in [0.2, 0.25) is 0 Å². The number of hydrogen-bond acceptors (Lipinski definition) is 3. The van der Waals surface area contributed by atoms with Gasteiger partial charge in [0.1, 0.15) is 19.0 Å².